The molecule has 4 rings (SSSR count). The molecule has 1 aliphatic rings. The Kier molecular flexibility index (Phi) is 12.1. The van der Waals surface area contributed by atoms with Crippen molar-refractivity contribution in [2.45, 2.75) is 50.5 Å². The number of ether oxygens (including phenoxy) is 3. The van der Waals surface area contributed by atoms with Crippen molar-refractivity contribution >= 4 is 29.8 Å². The number of hydrogen-bond donors (Lipinski definition) is 4. The first-order valence-corrected chi connectivity index (χ1v) is 14.9. The number of amides is 3. The first-order valence-electron chi connectivity index (χ1n) is 14.9. The molecule has 2 unspecified atom stereocenters. The molecule has 4 N–H and O–H groups in total. The number of anilines is 1. The summed E-state index contributed by atoms with van der Waals surface area (Å²) >= 11 is 0. The maximum atomic E-state index is 13.5. The van der Waals surface area contributed by atoms with Gasteiger partial charge < -0.3 is 35.1 Å². The van der Waals surface area contributed by atoms with Crippen LogP contribution in [0.3, 0.4) is 0 Å². The van der Waals surface area contributed by atoms with Crippen LogP contribution in [0.1, 0.15) is 24.5 Å². The molecule has 0 aromatic heterocycles. The van der Waals surface area contributed by atoms with E-state index in [9.17, 15) is 29.4 Å². The van der Waals surface area contributed by atoms with Crippen molar-refractivity contribution in [3.63, 3.8) is 0 Å². The first kappa shape index (κ1) is 33.9. The molecule has 244 valence electrons. The number of methoxy groups -OCH3 is 1. The molecule has 0 spiro atoms. The average molecular weight is 634 g/mol. The van der Waals surface area contributed by atoms with Gasteiger partial charge in [0.05, 0.1) is 32.4 Å². The molecular formula is C34H39N3O9. The van der Waals surface area contributed by atoms with Crippen molar-refractivity contribution in [2.24, 2.45) is 0 Å². The molecule has 3 aromatic carbocycles. The van der Waals surface area contributed by atoms with Crippen molar-refractivity contribution in [3.8, 4) is 11.1 Å². The van der Waals surface area contributed by atoms with E-state index in [1.165, 1.54) is 14.0 Å². The summed E-state index contributed by atoms with van der Waals surface area (Å²) in [5, 5.41) is 25.3. The third-order valence-corrected chi connectivity index (χ3v) is 7.79. The number of para-hydroxylation sites is 1. The number of benzene rings is 3. The first-order chi connectivity index (χ1) is 22.2. The molecule has 12 nitrogen and oxygen atoms in total. The fraction of sp³-hybridized carbons (Fsp3) is 0.353. The summed E-state index contributed by atoms with van der Waals surface area (Å²) in [5.74, 6) is -1.00. The van der Waals surface area contributed by atoms with Crippen LogP contribution in [0.2, 0.25) is 0 Å². The number of nitrogens with one attached hydrogen (secondary N) is 2. The minimum atomic E-state index is -1.21. The van der Waals surface area contributed by atoms with Crippen LogP contribution in [0.15, 0.2) is 78.9 Å². The molecule has 1 aliphatic heterocycles. The Morgan fingerprint density at radius 1 is 0.978 bits per heavy atom. The van der Waals surface area contributed by atoms with Gasteiger partial charge in [-0.1, -0.05) is 72.8 Å². The van der Waals surface area contributed by atoms with E-state index in [0.717, 1.165) is 27.2 Å². The number of esters is 1. The van der Waals surface area contributed by atoms with Gasteiger partial charge in [-0.25, -0.2) is 9.59 Å². The average Bonchev–Trinajstić information content (AvgIpc) is 3.06. The van der Waals surface area contributed by atoms with Crippen LogP contribution >= 0.6 is 0 Å². The van der Waals surface area contributed by atoms with Crippen LogP contribution in [-0.2, 0) is 36.6 Å². The number of rotatable bonds is 12. The summed E-state index contributed by atoms with van der Waals surface area (Å²) < 4.78 is 15.8. The maximum absolute atomic E-state index is 13.5. The van der Waals surface area contributed by atoms with E-state index in [1.54, 1.807) is 12.1 Å². The quantitative estimate of drug-likeness (QED) is 0.217. The van der Waals surface area contributed by atoms with Crippen molar-refractivity contribution in [3.05, 3.63) is 90.0 Å². The zero-order chi connectivity index (χ0) is 33.1. The van der Waals surface area contributed by atoms with Gasteiger partial charge in [0.25, 0.3) is 0 Å². The summed E-state index contributed by atoms with van der Waals surface area (Å²) in [6.07, 6.45) is -2.37. The van der Waals surface area contributed by atoms with Gasteiger partial charge in [0, 0.05) is 19.0 Å². The minimum absolute atomic E-state index is 0.0144. The lowest BCUT2D eigenvalue weighted by Crippen LogP contribution is -2.59. The maximum Gasteiger partial charge on any atom is 0.407 e. The van der Waals surface area contributed by atoms with Crippen LogP contribution < -0.4 is 10.6 Å². The summed E-state index contributed by atoms with van der Waals surface area (Å²) in [6, 6.07) is 23.0. The SMILES string of the molecule is COC(=O)N[C@@H](Cc1ccc(-c2ccccc2)cc1)C(=O)Nc1ccccc1CC[C@@H]1CN(C(=O)O)C(COC(C)=O)C(CO)O1. The molecular weight excluding hydrogens is 594 g/mol. The lowest BCUT2D eigenvalue weighted by atomic mass is 9.99. The summed E-state index contributed by atoms with van der Waals surface area (Å²) in [5.41, 5.74) is 4.23. The Balaban J connectivity index is 1.43. The Morgan fingerprint density at radius 2 is 1.65 bits per heavy atom. The van der Waals surface area contributed by atoms with Gasteiger partial charge in [0.1, 0.15) is 18.8 Å². The lowest BCUT2D eigenvalue weighted by molar-refractivity contribution is -0.158. The molecule has 4 atom stereocenters. The zero-order valence-electron chi connectivity index (χ0n) is 25.8. The second-order valence-corrected chi connectivity index (χ2v) is 10.9. The van der Waals surface area contributed by atoms with Gasteiger partial charge in [0.2, 0.25) is 5.91 Å². The predicted octanol–water partition coefficient (Wildman–Crippen LogP) is 3.86. The van der Waals surface area contributed by atoms with E-state index in [0.29, 0.717) is 18.5 Å². The predicted molar refractivity (Wildman–Crippen MR) is 169 cm³/mol. The third kappa shape index (κ3) is 9.29. The van der Waals surface area contributed by atoms with Crippen molar-refractivity contribution < 1.29 is 43.6 Å². The molecule has 0 radical (unpaired) electrons. The molecule has 1 fully saturated rings. The molecule has 1 heterocycles. The van der Waals surface area contributed by atoms with Gasteiger partial charge >= 0.3 is 18.2 Å². The highest BCUT2D eigenvalue weighted by Gasteiger charge is 2.40. The van der Waals surface area contributed by atoms with E-state index >= 15 is 0 Å². The van der Waals surface area contributed by atoms with Crippen molar-refractivity contribution in [2.75, 3.05) is 32.2 Å². The van der Waals surface area contributed by atoms with Gasteiger partial charge in [-0.3, -0.25) is 14.5 Å². The normalized spacial score (nSPS) is 18.2. The Bertz CT molecular complexity index is 1480. The second kappa shape index (κ2) is 16.4. The fourth-order valence-corrected chi connectivity index (χ4v) is 5.39. The monoisotopic (exact) mass is 633 g/mol. The van der Waals surface area contributed by atoms with Crippen LogP contribution in [0.4, 0.5) is 15.3 Å². The highest BCUT2D eigenvalue weighted by molar-refractivity contribution is 5.97. The largest absolute Gasteiger partial charge is 0.465 e. The molecule has 3 aromatic rings. The van der Waals surface area contributed by atoms with Gasteiger partial charge in [-0.05, 0) is 41.2 Å². The fourth-order valence-electron chi connectivity index (χ4n) is 5.39. The topological polar surface area (TPSA) is 164 Å². The number of carbonyl (C=O) groups excluding carboxylic acids is 3. The smallest absolute Gasteiger partial charge is 0.407 e. The molecule has 0 saturated carbocycles. The molecule has 12 heteroatoms. The van der Waals surface area contributed by atoms with Crippen molar-refractivity contribution in [1.29, 1.82) is 0 Å². The summed E-state index contributed by atoms with van der Waals surface area (Å²) in [6.45, 7) is 0.550. The highest BCUT2D eigenvalue weighted by atomic mass is 16.5. The van der Waals surface area contributed by atoms with E-state index in [1.807, 2.05) is 66.7 Å². The number of aryl methyl sites for hydroxylation is 1. The van der Waals surface area contributed by atoms with Crippen LogP contribution in [-0.4, -0.2) is 90.3 Å². The number of alkyl carbamates (subject to hydrolysis) is 1. The number of carbonyl (C=O) groups is 4. The summed E-state index contributed by atoms with van der Waals surface area (Å²) in [4.78, 5) is 50.1. The Morgan fingerprint density at radius 3 is 2.30 bits per heavy atom. The number of morpholine rings is 1. The zero-order valence-corrected chi connectivity index (χ0v) is 25.8. The highest BCUT2D eigenvalue weighted by Crippen LogP contribution is 2.25. The molecule has 0 aliphatic carbocycles. The molecule has 46 heavy (non-hydrogen) atoms. The van der Waals surface area contributed by atoms with Gasteiger partial charge in [0.15, 0.2) is 0 Å². The molecule has 1 saturated heterocycles. The lowest BCUT2D eigenvalue weighted by Gasteiger charge is -2.42. The van der Waals surface area contributed by atoms with Gasteiger partial charge in [-0.2, -0.15) is 0 Å². The van der Waals surface area contributed by atoms with E-state index < -0.39 is 55.0 Å². The van der Waals surface area contributed by atoms with Crippen LogP contribution in [0, 0.1) is 0 Å². The molecule has 3 amide bonds. The summed E-state index contributed by atoms with van der Waals surface area (Å²) in [7, 11) is 1.23. The third-order valence-electron chi connectivity index (χ3n) is 7.79. The van der Waals surface area contributed by atoms with Gasteiger partial charge in [-0.15, -0.1) is 0 Å². The second-order valence-electron chi connectivity index (χ2n) is 10.9. The standard InChI is InChI=1S/C34H39N3O9/c1-22(39)45-21-30-31(20-38)46-27(19-37(30)34(42)43)17-16-26-10-6-7-11-28(26)35-32(40)29(36-33(41)44-2)18-23-12-14-25(15-13-23)24-8-4-3-5-9-24/h3-15,27,29-31,38H,16-21H2,1-2H3,(H,35,40)(H,36,41)(H,42,43)/t27-,29+,30?,31?/m1/s1. The number of carboxylic acid groups (broad SMARTS) is 1. The minimum Gasteiger partial charge on any atom is -0.465 e. The van der Waals surface area contributed by atoms with Crippen LogP contribution in [0.25, 0.3) is 11.1 Å². The number of hydrogen-bond acceptors (Lipinski definition) is 8. The van der Waals surface area contributed by atoms with E-state index in [4.69, 9.17) is 14.2 Å². The Labute approximate surface area is 267 Å². The van der Waals surface area contributed by atoms with Crippen molar-refractivity contribution in [1.82, 2.24) is 10.2 Å². The molecule has 0 bridgehead atoms. The number of aliphatic hydroxyl groups is 1. The van der Waals surface area contributed by atoms with E-state index in [-0.39, 0.29) is 19.6 Å². The number of nitrogens with zero attached hydrogens (tertiary/aromatic N) is 1. The van der Waals surface area contributed by atoms with E-state index in [2.05, 4.69) is 10.6 Å². The Hall–Kier alpha value is -4.94. The van der Waals surface area contributed by atoms with Crippen LogP contribution in [0.5, 0.6) is 0 Å². The number of aliphatic hydroxyl groups excluding tert-OH is 1.